The number of amides is 5. The Balaban J connectivity index is 1.29. The van der Waals surface area contributed by atoms with E-state index in [0.717, 1.165) is 4.90 Å². The fourth-order valence-corrected chi connectivity index (χ4v) is 5.55. The number of benzene rings is 1. The maximum atomic E-state index is 13.3. The minimum absolute atomic E-state index is 0.0259. The van der Waals surface area contributed by atoms with Crippen molar-refractivity contribution < 1.29 is 33.9 Å². The first-order valence-corrected chi connectivity index (χ1v) is 11.9. The van der Waals surface area contributed by atoms with Gasteiger partial charge in [-0.3, -0.25) is 39.0 Å². The third-order valence-electron chi connectivity index (χ3n) is 7.48. The number of likely N-dealkylation sites (tertiary alicyclic amines) is 1. The van der Waals surface area contributed by atoms with Crippen molar-refractivity contribution in [2.75, 3.05) is 31.1 Å². The average molecular weight is 482 g/mol. The zero-order chi connectivity index (χ0) is 24.9. The van der Waals surface area contributed by atoms with E-state index in [0.29, 0.717) is 44.6 Å². The number of rotatable bonds is 4. The van der Waals surface area contributed by atoms with Crippen molar-refractivity contribution in [1.29, 1.82) is 0 Å². The van der Waals surface area contributed by atoms with E-state index in [4.69, 9.17) is 0 Å². The Morgan fingerprint density at radius 3 is 2.29 bits per heavy atom. The highest BCUT2D eigenvalue weighted by Gasteiger charge is 2.46. The molecule has 0 aliphatic carbocycles. The number of nitrogens with zero attached hydrogens (tertiary/aromatic N) is 3. The molecule has 4 aliphatic rings. The van der Waals surface area contributed by atoms with Crippen LogP contribution in [-0.4, -0.2) is 82.6 Å². The van der Waals surface area contributed by atoms with Crippen LogP contribution in [0.2, 0.25) is 0 Å². The number of hydrogen-bond acceptors (Lipinski definition) is 7. The molecular weight excluding hydrogens is 456 g/mol. The molecule has 35 heavy (non-hydrogen) atoms. The lowest BCUT2D eigenvalue weighted by atomic mass is 9.94. The first-order chi connectivity index (χ1) is 16.8. The Bertz CT molecular complexity index is 1140. The highest BCUT2D eigenvalue weighted by molar-refractivity contribution is 6.25. The van der Waals surface area contributed by atoms with E-state index in [1.54, 1.807) is 23.1 Å². The molecule has 2 N–H and O–H groups in total. The molecule has 0 bridgehead atoms. The lowest BCUT2D eigenvalue weighted by Gasteiger charge is -2.35. The van der Waals surface area contributed by atoms with E-state index >= 15 is 0 Å². The molecule has 0 spiro atoms. The molecule has 1 aromatic rings. The minimum atomic E-state index is -1.02. The van der Waals surface area contributed by atoms with Crippen molar-refractivity contribution in [2.45, 2.75) is 38.1 Å². The SMILES string of the molecule is O=C1CCC(N2C(=O)c3cccc(N4CCC(C(=O)N5CCC(C(=O)O)C5)CC4)c3C2=O)C(=O)N1. The number of carboxylic acid groups (broad SMARTS) is 1. The van der Waals surface area contributed by atoms with Gasteiger partial charge >= 0.3 is 5.97 Å². The number of carboxylic acids is 1. The fourth-order valence-electron chi connectivity index (χ4n) is 5.55. The van der Waals surface area contributed by atoms with Crippen LogP contribution in [0.5, 0.6) is 0 Å². The number of fused-ring (bicyclic) bond motifs is 1. The first kappa shape index (κ1) is 23.0. The van der Waals surface area contributed by atoms with Gasteiger partial charge in [-0.2, -0.15) is 0 Å². The van der Waals surface area contributed by atoms with Crippen LogP contribution in [0.4, 0.5) is 5.69 Å². The van der Waals surface area contributed by atoms with Crippen LogP contribution in [0.15, 0.2) is 18.2 Å². The number of hydrogen-bond donors (Lipinski definition) is 2. The molecule has 0 radical (unpaired) electrons. The number of aliphatic carboxylic acids is 1. The molecule has 11 nitrogen and oxygen atoms in total. The van der Waals surface area contributed by atoms with Gasteiger partial charge in [0.15, 0.2) is 0 Å². The van der Waals surface area contributed by atoms with Crippen LogP contribution in [0.25, 0.3) is 0 Å². The van der Waals surface area contributed by atoms with Crippen LogP contribution in [0.3, 0.4) is 0 Å². The molecule has 2 unspecified atom stereocenters. The topological polar surface area (TPSA) is 144 Å². The van der Waals surface area contributed by atoms with Gasteiger partial charge in [0, 0.05) is 38.5 Å². The summed E-state index contributed by atoms with van der Waals surface area (Å²) in [5.74, 6) is -3.80. The summed E-state index contributed by atoms with van der Waals surface area (Å²) in [5.41, 5.74) is 1.07. The molecule has 3 saturated heterocycles. The molecule has 11 heteroatoms. The summed E-state index contributed by atoms with van der Waals surface area (Å²) in [7, 11) is 0. The van der Waals surface area contributed by atoms with E-state index in [1.807, 2.05) is 4.90 Å². The lowest BCUT2D eigenvalue weighted by Crippen LogP contribution is -2.54. The number of anilines is 1. The van der Waals surface area contributed by atoms with Gasteiger partial charge in [-0.25, -0.2) is 0 Å². The summed E-state index contributed by atoms with van der Waals surface area (Å²) >= 11 is 0. The standard InChI is InChI=1S/C24H26N4O7/c29-18-5-4-17(20(30)25-18)28-22(32)15-2-1-3-16(19(15)23(28)33)26-9-6-13(7-10-26)21(31)27-11-8-14(12-27)24(34)35/h1-3,13-14,17H,4-12H2,(H,34,35)(H,25,29,30). The van der Waals surface area contributed by atoms with E-state index in [2.05, 4.69) is 5.32 Å². The van der Waals surface area contributed by atoms with Gasteiger partial charge in [-0.1, -0.05) is 6.07 Å². The summed E-state index contributed by atoms with van der Waals surface area (Å²) < 4.78 is 0. The predicted octanol–water partition coefficient (Wildman–Crippen LogP) is 0.237. The zero-order valence-electron chi connectivity index (χ0n) is 19.1. The summed E-state index contributed by atoms with van der Waals surface area (Å²) in [5, 5.41) is 11.4. The van der Waals surface area contributed by atoms with Gasteiger partial charge in [-0.05, 0) is 37.8 Å². The van der Waals surface area contributed by atoms with Gasteiger partial charge in [0.2, 0.25) is 17.7 Å². The number of carbonyl (C=O) groups is 6. The quantitative estimate of drug-likeness (QED) is 0.581. The minimum Gasteiger partial charge on any atom is -0.481 e. The summed E-state index contributed by atoms with van der Waals surface area (Å²) in [6, 6.07) is 4.00. The van der Waals surface area contributed by atoms with E-state index in [9.17, 15) is 33.9 Å². The van der Waals surface area contributed by atoms with E-state index in [-0.39, 0.29) is 42.3 Å². The van der Waals surface area contributed by atoms with Crippen LogP contribution in [-0.2, 0) is 19.2 Å². The largest absolute Gasteiger partial charge is 0.481 e. The average Bonchev–Trinajstić information content (AvgIpc) is 3.43. The Morgan fingerprint density at radius 2 is 1.63 bits per heavy atom. The van der Waals surface area contributed by atoms with Gasteiger partial charge in [0.25, 0.3) is 11.8 Å². The maximum Gasteiger partial charge on any atom is 0.308 e. The van der Waals surface area contributed by atoms with Gasteiger partial charge < -0.3 is 14.9 Å². The first-order valence-electron chi connectivity index (χ1n) is 11.9. The van der Waals surface area contributed by atoms with E-state index in [1.165, 1.54) is 0 Å². The summed E-state index contributed by atoms with van der Waals surface area (Å²) in [6.45, 7) is 1.70. The Hall–Kier alpha value is -3.76. The van der Waals surface area contributed by atoms with E-state index < -0.39 is 41.6 Å². The molecular formula is C24H26N4O7. The van der Waals surface area contributed by atoms with Gasteiger partial charge in [-0.15, -0.1) is 0 Å². The van der Waals surface area contributed by atoms with Crippen LogP contribution < -0.4 is 10.2 Å². The van der Waals surface area contributed by atoms with Crippen molar-refractivity contribution in [3.05, 3.63) is 29.3 Å². The summed E-state index contributed by atoms with van der Waals surface area (Å²) in [4.78, 5) is 78.9. The third-order valence-corrected chi connectivity index (χ3v) is 7.48. The van der Waals surface area contributed by atoms with Crippen LogP contribution in [0, 0.1) is 11.8 Å². The molecule has 0 saturated carbocycles. The van der Waals surface area contributed by atoms with Crippen molar-refractivity contribution >= 4 is 41.2 Å². The second-order valence-electron chi connectivity index (χ2n) is 9.52. The zero-order valence-corrected chi connectivity index (χ0v) is 19.1. The molecule has 1 aromatic carbocycles. The Labute approximate surface area is 201 Å². The maximum absolute atomic E-state index is 13.3. The number of imide groups is 2. The predicted molar refractivity (Wildman–Crippen MR) is 120 cm³/mol. The van der Waals surface area contributed by atoms with Crippen molar-refractivity contribution in [2.24, 2.45) is 11.8 Å². The molecule has 4 heterocycles. The molecule has 3 fully saturated rings. The highest BCUT2D eigenvalue weighted by atomic mass is 16.4. The molecule has 2 atom stereocenters. The number of nitrogens with one attached hydrogen (secondary N) is 1. The normalized spacial score (nSPS) is 25.2. The monoisotopic (exact) mass is 482 g/mol. The number of carbonyl (C=O) groups excluding carboxylic acids is 5. The number of piperidine rings is 2. The van der Waals surface area contributed by atoms with Gasteiger partial charge in [0.1, 0.15) is 6.04 Å². The second-order valence-corrected chi connectivity index (χ2v) is 9.52. The Morgan fingerprint density at radius 1 is 0.914 bits per heavy atom. The smallest absolute Gasteiger partial charge is 0.308 e. The van der Waals surface area contributed by atoms with Crippen molar-refractivity contribution in [3.8, 4) is 0 Å². The van der Waals surface area contributed by atoms with Gasteiger partial charge in [0.05, 0.1) is 22.7 Å². The third kappa shape index (κ3) is 3.94. The van der Waals surface area contributed by atoms with Crippen LogP contribution in [0.1, 0.15) is 52.8 Å². The molecule has 5 amide bonds. The fraction of sp³-hybridized carbons (Fsp3) is 0.500. The van der Waals surface area contributed by atoms with Crippen molar-refractivity contribution in [1.82, 2.24) is 15.1 Å². The lowest BCUT2D eigenvalue weighted by molar-refractivity contribution is -0.142. The summed E-state index contributed by atoms with van der Waals surface area (Å²) in [6.07, 6.45) is 1.72. The molecule has 0 aromatic heterocycles. The van der Waals surface area contributed by atoms with Crippen LogP contribution >= 0.6 is 0 Å². The molecule has 4 aliphatic heterocycles. The molecule has 184 valence electrons. The second kappa shape index (κ2) is 8.79. The van der Waals surface area contributed by atoms with Crippen molar-refractivity contribution in [3.63, 3.8) is 0 Å². The Kier molecular flexibility index (Phi) is 5.78. The highest BCUT2D eigenvalue weighted by Crippen LogP contribution is 2.36. The molecule has 5 rings (SSSR count).